The molecule has 0 heterocycles. The molecule has 8 nitrogen and oxygen atoms in total. The molecular formula is C30H28N2O6. The molecule has 0 bridgehead atoms. The third-order valence-electron chi connectivity index (χ3n) is 5.65. The summed E-state index contributed by atoms with van der Waals surface area (Å²) < 4.78 is 16.2. The minimum atomic E-state index is -0.538. The summed E-state index contributed by atoms with van der Waals surface area (Å²) in [4.78, 5) is 36.5. The van der Waals surface area contributed by atoms with E-state index in [2.05, 4.69) is 10.6 Å². The lowest BCUT2D eigenvalue weighted by molar-refractivity contribution is -0.147. The molecule has 8 heteroatoms. The lowest BCUT2D eigenvalue weighted by Crippen LogP contribution is -2.21. The van der Waals surface area contributed by atoms with Crippen LogP contribution in [0.4, 0.5) is 11.4 Å². The largest absolute Gasteiger partial charge is 0.493 e. The van der Waals surface area contributed by atoms with Crippen molar-refractivity contribution in [3.05, 3.63) is 91.0 Å². The first-order valence-electron chi connectivity index (χ1n) is 12.2. The number of para-hydroxylation sites is 2. The van der Waals surface area contributed by atoms with E-state index >= 15 is 0 Å². The van der Waals surface area contributed by atoms with Gasteiger partial charge in [-0.1, -0.05) is 48.5 Å². The van der Waals surface area contributed by atoms with E-state index < -0.39 is 18.5 Å². The molecule has 4 aromatic carbocycles. The molecule has 0 saturated heterocycles. The Bertz CT molecular complexity index is 1410. The number of esters is 1. The highest BCUT2D eigenvalue weighted by atomic mass is 16.5. The summed E-state index contributed by atoms with van der Waals surface area (Å²) in [6.45, 7) is -0.391. The fourth-order valence-corrected chi connectivity index (χ4v) is 3.79. The second-order valence-electron chi connectivity index (χ2n) is 8.41. The van der Waals surface area contributed by atoms with Gasteiger partial charge in [0, 0.05) is 29.6 Å². The van der Waals surface area contributed by atoms with Gasteiger partial charge in [-0.15, -0.1) is 0 Å². The van der Waals surface area contributed by atoms with Crippen molar-refractivity contribution in [1.82, 2.24) is 0 Å². The van der Waals surface area contributed by atoms with Crippen molar-refractivity contribution in [2.45, 2.75) is 19.3 Å². The lowest BCUT2D eigenvalue weighted by Gasteiger charge is -2.11. The van der Waals surface area contributed by atoms with Gasteiger partial charge in [0.2, 0.25) is 5.91 Å². The van der Waals surface area contributed by atoms with Crippen LogP contribution < -0.4 is 20.1 Å². The zero-order valence-corrected chi connectivity index (χ0v) is 20.9. The molecule has 194 valence electrons. The summed E-state index contributed by atoms with van der Waals surface area (Å²) in [5.74, 6) is 0.609. The third-order valence-corrected chi connectivity index (χ3v) is 5.65. The number of benzene rings is 4. The predicted molar refractivity (Wildman–Crippen MR) is 146 cm³/mol. The van der Waals surface area contributed by atoms with E-state index in [0.717, 1.165) is 10.8 Å². The monoisotopic (exact) mass is 512 g/mol. The van der Waals surface area contributed by atoms with Crippen LogP contribution in [-0.2, 0) is 19.1 Å². The van der Waals surface area contributed by atoms with E-state index in [0.29, 0.717) is 35.0 Å². The molecule has 4 rings (SSSR count). The summed E-state index contributed by atoms with van der Waals surface area (Å²) in [6.07, 6.45) is 0.460. The molecule has 0 aliphatic heterocycles. The molecule has 0 aliphatic rings. The summed E-state index contributed by atoms with van der Waals surface area (Å²) in [5, 5.41) is 7.46. The van der Waals surface area contributed by atoms with Gasteiger partial charge in [-0.25, -0.2) is 0 Å². The van der Waals surface area contributed by atoms with Crippen molar-refractivity contribution < 1.29 is 28.6 Å². The number of hydrogen-bond acceptors (Lipinski definition) is 6. The van der Waals surface area contributed by atoms with E-state index in [1.807, 2.05) is 48.5 Å². The molecule has 0 atom stereocenters. The van der Waals surface area contributed by atoms with Crippen LogP contribution in [0.25, 0.3) is 10.8 Å². The van der Waals surface area contributed by atoms with Crippen molar-refractivity contribution in [2.75, 3.05) is 24.4 Å². The minimum absolute atomic E-state index is 0.0284. The molecule has 0 radical (unpaired) electrons. The molecule has 2 amide bonds. The number of anilines is 2. The summed E-state index contributed by atoms with van der Waals surface area (Å²) >= 11 is 0. The van der Waals surface area contributed by atoms with Gasteiger partial charge in [-0.3, -0.25) is 14.4 Å². The molecule has 0 saturated carbocycles. The first-order valence-corrected chi connectivity index (χ1v) is 12.2. The Balaban J connectivity index is 1.15. The topological polar surface area (TPSA) is 103 Å². The Morgan fingerprint density at radius 1 is 0.711 bits per heavy atom. The average molecular weight is 513 g/mol. The Morgan fingerprint density at radius 2 is 1.42 bits per heavy atom. The number of fused-ring (bicyclic) bond motifs is 1. The smallest absolute Gasteiger partial charge is 0.306 e. The first kappa shape index (κ1) is 26.2. The zero-order chi connectivity index (χ0) is 26.7. The zero-order valence-electron chi connectivity index (χ0n) is 20.9. The van der Waals surface area contributed by atoms with E-state index in [1.54, 1.807) is 49.6 Å². The van der Waals surface area contributed by atoms with Gasteiger partial charge in [-0.05, 0) is 54.3 Å². The highest BCUT2D eigenvalue weighted by Gasteiger charge is 2.11. The number of nitrogens with one attached hydrogen (secondary N) is 2. The van der Waals surface area contributed by atoms with Crippen molar-refractivity contribution in [3.63, 3.8) is 0 Å². The summed E-state index contributed by atoms with van der Waals surface area (Å²) in [6, 6.07) is 27.5. The molecule has 0 aliphatic carbocycles. The van der Waals surface area contributed by atoms with Gasteiger partial charge in [0.1, 0.15) is 5.75 Å². The molecule has 4 aromatic rings. The molecular weight excluding hydrogens is 484 g/mol. The highest BCUT2D eigenvalue weighted by Crippen LogP contribution is 2.31. The number of methoxy groups -OCH3 is 1. The summed E-state index contributed by atoms with van der Waals surface area (Å²) in [7, 11) is 1.57. The van der Waals surface area contributed by atoms with E-state index in [4.69, 9.17) is 14.2 Å². The fraction of sp³-hybridized carbons (Fsp3) is 0.167. The molecule has 0 spiro atoms. The molecule has 2 N–H and O–H groups in total. The highest BCUT2D eigenvalue weighted by molar-refractivity contribution is 6.02. The Hall–Kier alpha value is -4.85. The number of carbonyl (C=O) groups excluding carboxylic acids is 3. The maximum absolute atomic E-state index is 12.3. The first-order chi connectivity index (χ1) is 18.5. The van der Waals surface area contributed by atoms with Crippen LogP contribution in [0, 0.1) is 0 Å². The molecule has 0 fully saturated rings. The van der Waals surface area contributed by atoms with Crippen LogP contribution in [-0.4, -0.2) is 31.5 Å². The van der Waals surface area contributed by atoms with Gasteiger partial charge in [0.05, 0.1) is 7.11 Å². The van der Waals surface area contributed by atoms with Crippen molar-refractivity contribution in [1.29, 1.82) is 0 Å². The predicted octanol–water partition coefficient (Wildman–Crippen LogP) is 5.93. The van der Waals surface area contributed by atoms with Gasteiger partial charge >= 0.3 is 5.97 Å². The van der Waals surface area contributed by atoms with Crippen molar-refractivity contribution >= 4 is 39.9 Å². The number of rotatable bonds is 11. The van der Waals surface area contributed by atoms with Gasteiger partial charge in [0.15, 0.2) is 18.1 Å². The Labute approximate surface area is 220 Å². The quantitative estimate of drug-likeness (QED) is 0.242. The van der Waals surface area contributed by atoms with Gasteiger partial charge < -0.3 is 24.8 Å². The Morgan fingerprint density at radius 3 is 2.21 bits per heavy atom. The van der Waals surface area contributed by atoms with Gasteiger partial charge in [0.25, 0.3) is 5.91 Å². The standard InChI is InChI=1S/C30H28N2O6/c1-36-26-12-4-5-13-27(26)38-23-18-16-22(17-19-23)31-28(33)14-7-15-30(35)37-20-29(34)32-25-11-6-9-21-8-2-3-10-24(21)25/h2-6,8-13,16-19H,7,14-15,20H2,1H3,(H,31,33)(H,32,34). The van der Waals surface area contributed by atoms with E-state index in [1.165, 1.54) is 0 Å². The SMILES string of the molecule is COc1ccccc1Oc1ccc(NC(=O)CCCC(=O)OCC(=O)Nc2cccc3ccccc23)cc1. The van der Waals surface area contributed by atoms with Crippen LogP contribution in [0.15, 0.2) is 91.0 Å². The maximum atomic E-state index is 12.3. The Kier molecular flexibility index (Phi) is 8.91. The normalized spacial score (nSPS) is 10.4. The van der Waals surface area contributed by atoms with Crippen LogP contribution >= 0.6 is 0 Å². The van der Waals surface area contributed by atoms with Crippen LogP contribution in [0.5, 0.6) is 17.2 Å². The molecule has 38 heavy (non-hydrogen) atoms. The minimum Gasteiger partial charge on any atom is -0.493 e. The van der Waals surface area contributed by atoms with Crippen molar-refractivity contribution in [3.8, 4) is 17.2 Å². The second kappa shape index (κ2) is 12.9. The maximum Gasteiger partial charge on any atom is 0.306 e. The number of carbonyl (C=O) groups is 3. The van der Waals surface area contributed by atoms with Crippen LogP contribution in [0.3, 0.4) is 0 Å². The molecule has 0 aromatic heterocycles. The number of ether oxygens (including phenoxy) is 3. The average Bonchev–Trinajstić information content (AvgIpc) is 2.93. The fourth-order valence-electron chi connectivity index (χ4n) is 3.79. The second-order valence-corrected chi connectivity index (χ2v) is 8.41. The van der Waals surface area contributed by atoms with E-state index in [-0.39, 0.29) is 18.7 Å². The van der Waals surface area contributed by atoms with Gasteiger partial charge in [-0.2, -0.15) is 0 Å². The summed E-state index contributed by atoms with van der Waals surface area (Å²) in [5.41, 5.74) is 1.26. The van der Waals surface area contributed by atoms with Crippen LogP contribution in [0.2, 0.25) is 0 Å². The van der Waals surface area contributed by atoms with Crippen molar-refractivity contribution in [2.24, 2.45) is 0 Å². The third kappa shape index (κ3) is 7.33. The van der Waals surface area contributed by atoms with E-state index in [9.17, 15) is 14.4 Å². The number of hydrogen-bond donors (Lipinski definition) is 2. The van der Waals surface area contributed by atoms with Crippen LogP contribution in [0.1, 0.15) is 19.3 Å². The lowest BCUT2D eigenvalue weighted by atomic mass is 10.1. The number of amides is 2. The molecule has 0 unspecified atom stereocenters.